The molecule has 2 N–H and O–H groups in total. The number of ether oxygens (including phenoxy) is 2. The van der Waals surface area contributed by atoms with Crippen LogP contribution in [0.2, 0.25) is 0 Å². The first kappa shape index (κ1) is 20.4. The summed E-state index contributed by atoms with van der Waals surface area (Å²) in [6.45, 7) is 0.300. The molecule has 11 heteroatoms. The predicted molar refractivity (Wildman–Crippen MR) is 73.3 cm³/mol. The highest BCUT2D eigenvalue weighted by molar-refractivity contribution is 5.76. The lowest BCUT2D eigenvalue weighted by molar-refractivity contribution is -0.231. The Kier molecular flexibility index (Phi) is 5.01. The maximum atomic E-state index is 14.3. The Morgan fingerprint density at radius 2 is 1.85 bits per heavy atom. The fourth-order valence-electron chi connectivity index (χ4n) is 2.75. The third kappa shape index (κ3) is 3.63. The lowest BCUT2D eigenvalue weighted by Crippen LogP contribution is -2.64. The van der Waals surface area contributed by atoms with Crippen molar-refractivity contribution in [2.24, 2.45) is 5.73 Å². The number of hydrogen-bond donors (Lipinski definition) is 1. The molecule has 4 nitrogen and oxygen atoms in total. The third-order valence-electron chi connectivity index (χ3n) is 4.29. The zero-order chi connectivity index (χ0) is 20.0. The molecule has 0 spiro atoms. The molecule has 0 amide bonds. The topological polar surface area (TPSA) is 61.5 Å². The van der Waals surface area contributed by atoms with Crippen molar-refractivity contribution in [1.82, 2.24) is 0 Å². The van der Waals surface area contributed by atoms with E-state index in [2.05, 4.69) is 4.74 Å². The normalized spacial score (nSPS) is 27.3. The molecule has 0 radical (unpaired) electrons. The van der Waals surface area contributed by atoms with Crippen LogP contribution >= 0.6 is 0 Å². The quantitative estimate of drug-likeness (QED) is 0.623. The number of esters is 1. The van der Waals surface area contributed by atoms with E-state index in [1.807, 2.05) is 0 Å². The number of hydrogen-bond acceptors (Lipinski definition) is 4. The monoisotopic (exact) mass is 389 g/mol. The number of rotatable bonds is 2. The first-order valence-corrected chi connectivity index (χ1v) is 7.25. The van der Waals surface area contributed by atoms with Crippen molar-refractivity contribution >= 4 is 5.97 Å². The second-order valence-corrected chi connectivity index (χ2v) is 6.08. The predicted octanol–water partition coefficient (Wildman–Crippen LogP) is 3.28. The van der Waals surface area contributed by atoms with E-state index in [9.17, 15) is 35.5 Å². The highest BCUT2D eigenvalue weighted by Gasteiger charge is 2.56. The minimum absolute atomic E-state index is 0.115. The molecule has 1 saturated heterocycles. The van der Waals surface area contributed by atoms with Crippen LogP contribution in [-0.4, -0.2) is 31.0 Å². The van der Waals surface area contributed by atoms with Gasteiger partial charge < -0.3 is 15.2 Å². The molecule has 0 aromatic heterocycles. The van der Waals surface area contributed by atoms with Crippen LogP contribution in [-0.2, 0) is 26.0 Å². The second kappa shape index (κ2) is 6.38. The van der Waals surface area contributed by atoms with E-state index in [-0.39, 0.29) is 19.1 Å². The molecule has 146 valence electrons. The summed E-state index contributed by atoms with van der Waals surface area (Å²) in [6, 6.07) is 1.46. The van der Waals surface area contributed by atoms with Gasteiger partial charge in [-0.05, 0) is 25.5 Å². The highest BCUT2D eigenvalue weighted by Crippen LogP contribution is 2.43. The van der Waals surface area contributed by atoms with Gasteiger partial charge in [-0.15, -0.1) is 0 Å². The second-order valence-electron chi connectivity index (χ2n) is 6.08. The Morgan fingerprint density at radius 3 is 2.35 bits per heavy atom. The third-order valence-corrected chi connectivity index (χ3v) is 4.29. The lowest BCUT2D eigenvalue weighted by Gasteiger charge is -2.48. The van der Waals surface area contributed by atoms with E-state index >= 15 is 0 Å². The van der Waals surface area contributed by atoms with Gasteiger partial charge in [0.15, 0.2) is 5.60 Å². The van der Waals surface area contributed by atoms with E-state index in [1.165, 1.54) is 0 Å². The maximum Gasteiger partial charge on any atom is 0.490 e. The molecule has 0 bridgehead atoms. The Hall–Kier alpha value is -1.88. The highest BCUT2D eigenvalue weighted by atomic mass is 19.4. The molecular weight excluding hydrogens is 375 g/mol. The van der Waals surface area contributed by atoms with Crippen LogP contribution in [0.15, 0.2) is 18.2 Å². The minimum Gasteiger partial charge on any atom is -0.448 e. The average molecular weight is 389 g/mol. The van der Waals surface area contributed by atoms with E-state index < -0.39 is 53.0 Å². The Bertz CT molecular complexity index is 703. The molecule has 1 heterocycles. The molecule has 0 saturated carbocycles. The van der Waals surface area contributed by atoms with Crippen molar-refractivity contribution in [2.75, 3.05) is 13.2 Å². The van der Waals surface area contributed by atoms with Crippen molar-refractivity contribution in [3.63, 3.8) is 0 Å². The zero-order valence-electron chi connectivity index (χ0n) is 13.3. The number of carbonyl (C=O) groups excluding carboxylic acids is 1. The van der Waals surface area contributed by atoms with Gasteiger partial charge in [0.1, 0.15) is 5.82 Å². The van der Waals surface area contributed by atoms with Crippen LogP contribution in [0.25, 0.3) is 0 Å². The van der Waals surface area contributed by atoms with Gasteiger partial charge in [0.05, 0.1) is 17.7 Å². The van der Waals surface area contributed by atoms with Crippen molar-refractivity contribution in [1.29, 1.82) is 0 Å². The van der Waals surface area contributed by atoms with Crippen LogP contribution in [0.3, 0.4) is 0 Å². The summed E-state index contributed by atoms with van der Waals surface area (Å²) >= 11 is 0. The molecule has 2 rings (SSSR count). The van der Waals surface area contributed by atoms with E-state index in [4.69, 9.17) is 10.5 Å². The van der Waals surface area contributed by atoms with E-state index in [0.717, 1.165) is 13.0 Å². The maximum absolute atomic E-state index is 14.3. The summed E-state index contributed by atoms with van der Waals surface area (Å²) in [5, 5.41) is 0. The molecule has 0 aliphatic carbocycles. The van der Waals surface area contributed by atoms with Gasteiger partial charge in [0.2, 0.25) is 0 Å². The summed E-state index contributed by atoms with van der Waals surface area (Å²) in [6.07, 6.45) is -10.4. The molecule has 1 aliphatic rings. The summed E-state index contributed by atoms with van der Waals surface area (Å²) in [4.78, 5) is 11.2. The molecule has 1 aromatic rings. The van der Waals surface area contributed by atoms with Crippen molar-refractivity contribution in [2.45, 2.75) is 36.8 Å². The van der Waals surface area contributed by atoms with Gasteiger partial charge in [-0.3, -0.25) is 0 Å². The Morgan fingerprint density at radius 1 is 1.23 bits per heavy atom. The van der Waals surface area contributed by atoms with Crippen LogP contribution in [0.1, 0.15) is 24.5 Å². The molecule has 1 fully saturated rings. The largest absolute Gasteiger partial charge is 0.490 e. The van der Waals surface area contributed by atoms with Crippen LogP contribution in [0, 0.1) is 5.82 Å². The molecule has 2 atom stereocenters. The molecular formula is C15H14F7NO3. The van der Waals surface area contributed by atoms with Gasteiger partial charge in [-0.1, -0.05) is 6.07 Å². The zero-order valence-corrected chi connectivity index (χ0v) is 13.3. The summed E-state index contributed by atoms with van der Waals surface area (Å²) in [5.41, 5.74) is 0.0863. The fourth-order valence-corrected chi connectivity index (χ4v) is 2.75. The van der Waals surface area contributed by atoms with Gasteiger partial charge in [-0.2, -0.15) is 26.3 Å². The van der Waals surface area contributed by atoms with Gasteiger partial charge in [0, 0.05) is 12.2 Å². The first-order chi connectivity index (χ1) is 11.7. The van der Waals surface area contributed by atoms with Crippen LogP contribution in [0.5, 0.6) is 0 Å². The minimum atomic E-state index is -5.33. The molecule has 1 aliphatic heterocycles. The summed E-state index contributed by atoms with van der Waals surface area (Å²) in [7, 11) is 0. The van der Waals surface area contributed by atoms with Crippen LogP contribution < -0.4 is 5.73 Å². The smallest absolute Gasteiger partial charge is 0.448 e. The van der Waals surface area contributed by atoms with Crippen molar-refractivity contribution in [3.05, 3.63) is 35.1 Å². The van der Waals surface area contributed by atoms with Gasteiger partial charge in [-0.25, -0.2) is 9.18 Å². The van der Waals surface area contributed by atoms with Crippen LogP contribution in [0.4, 0.5) is 30.7 Å². The summed E-state index contributed by atoms with van der Waals surface area (Å²) in [5.74, 6) is -3.94. The van der Waals surface area contributed by atoms with Gasteiger partial charge in [0.25, 0.3) is 0 Å². The number of halogens is 7. The number of benzene rings is 1. The number of alkyl halides is 6. The number of nitrogens with two attached hydrogens (primary N) is 1. The summed E-state index contributed by atoms with van der Waals surface area (Å²) < 4.78 is 99.5. The first-order valence-electron chi connectivity index (χ1n) is 7.25. The Labute approximate surface area is 143 Å². The molecule has 26 heavy (non-hydrogen) atoms. The standard InChI is InChI=1S/C15H14F7NO3/c1-12(26-11(24)15(20,21)22)7-25-5-4-13(12,23)9-3-2-8(6-10(9)16)14(17,18)19/h2-3,6H,4-5,7,23H2,1H3. The average Bonchev–Trinajstić information content (AvgIpc) is 2.48. The number of carbonyl (C=O) groups is 1. The Balaban J connectivity index is 2.48. The van der Waals surface area contributed by atoms with Crippen molar-refractivity contribution in [3.8, 4) is 0 Å². The van der Waals surface area contributed by atoms with E-state index in [1.54, 1.807) is 0 Å². The van der Waals surface area contributed by atoms with Gasteiger partial charge >= 0.3 is 18.3 Å². The SMILES string of the molecule is CC1(OC(=O)C(F)(F)F)COCCC1(N)c1ccc(C(F)(F)F)cc1F. The fraction of sp³-hybridized carbons (Fsp3) is 0.533. The van der Waals surface area contributed by atoms with E-state index in [0.29, 0.717) is 6.07 Å². The molecule has 2 unspecified atom stereocenters. The lowest BCUT2D eigenvalue weighted by atomic mass is 9.72. The van der Waals surface area contributed by atoms with Crippen molar-refractivity contribution < 1.29 is 45.0 Å². The molecule has 1 aromatic carbocycles.